The van der Waals surface area contributed by atoms with Crippen LogP contribution in [0.2, 0.25) is 0 Å². The summed E-state index contributed by atoms with van der Waals surface area (Å²) < 4.78 is 5.86. The van der Waals surface area contributed by atoms with Crippen LogP contribution in [0.1, 0.15) is 42.1 Å². The molecule has 0 saturated carbocycles. The van der Waals surface area contributed by atoms with E-state index in [0.717, 1.165) is 10.0 Å². The fourth-order valence-corrected chi connectivity index (χ4v) is 3.08. The fourth-order valence-electron chi connectivity index (χ4n) is 2.60. The second-order valence-electron chi connectivity index (χ2n) is 6.71. The number of ether oxygens (including phenoxy) is 1. The summed E-state index contributed by atoms with van der Waals surface area (Å²) >= 11 is 3.35. The van der Waals surface area contributed by atoms with Gasteiger partial charge in [-0.25, -0.2) is 0 Å². The number of amides is 2. The third-order valence-corrected chi connectivity index (χ3v) is 4.66. The lowest BCUT2D eigenvalue weighted by atomic mass is 10.1. The molecule has 0 aromatic heterocycles. The van der Waals surface area contributed by atoms with Crippen molar-refractivity contribution in [3.8, 4) is 0 Å². The molecule has 0 aliphatic carbocycles. The Morgan fingerprint density at radius 3 is 2.43 bits per heavy atom. The highest BCUT2D eigenvalue weighted by molar-refractivity contribution is 9.10. The van der Waals surface area contributed by atoms with Crippen LogP contribution < -0.4 is 10.6 Å². The third kappa shape index (κ3) is 7.79. The lowest BCUT2D eigenvalue weighted by molar-refractivity contribution is -0.147. The van der Waals surface area contributed by atoms with Crippen molar-refractivity contribution in [1.29, 1.82) is 0 Å². The third-order valence-electron chi connectivity index (χ3n) is 4.16. The van der Waals surface area contributed by atoms with Gasteiger partial charge in [-0.2, -0.15) is 0 Å². The Hall–Kier alpha value is -3.00. The number of anilines is 2. The van der Waals surface area contributed by atoms with E-state index in [1.165, 1.54) is 6.92 Å². The number of nitrogens with one attached hydrogen (secondary N) is 2. The molecular formula is C22H23BrN2O5. The summed E-state index contributed by atoms with van der Waals surface area (Å²) in [5.41, 5.74) is 2.55. The molecule has 0 unspecified atom stereocenters. The van der Waals surface area contributed by atoms with Crippen molar-refractivity contribution in [2.24, 2.45) is 0 Å². The van der Waals surface area contributed by atoms with E-state index in [1.54, 1.807) is 36.4 Å². The average molecular weight is 475 g/mol. The molecule has 0 fully saturated rings. The summed E-state index contributed by atoms with van der Waals surface area (Å²) in [6, 6.07) is 12.1. The van der Waals surface area contributed by atoms with Gasteiger partial charge in [-0.15, -0.1) is 0 Å². The van der Waals surface area contributed by atoms with E-state index < -0.39 is 18.5 Å². The summed E-state index contributed by atoms with van der Waals surface area (Å²) in [5.74, 6) is -1.35. The molecule has 2 aromatic rings. The van der Waals surface area contributed by atoms with E-state index in [2.05, 4.69) is 26.6 Å². The van der Waals surface area contributed by atoms with Crippen LogP contribution in [0.3, 0.4) is 0 Å². The van der Waals surface area contributed by atoms with E-state index in [1.807, 2.05) is 13.0 Å². The van der Waals surface area contributed by atoms with Gasteiger partial charge >= 0.3 is 5.97 Å². The molecule has 2 amide bonds. The number of carbonyl (C=O) groups excluding carboxylic acids is 4. The van der Waals surface area contributed by atoms with Gasteiger partial charge in [0.2, 0.25) is 5.91 Å². The number of ketones is 1. The molecule has 2 N–H and O–H groups in total. The van der Waals surface area contributed by atoms with Crippen LogP contribution in [0.15, 0.2) is 46.9 Å². The maximum Gasteiger partial charge on any atom is 0.306 e. The van der Waals surface area contributed by atoms with Crippen molar-refractivity contribution in [2.45, 2.75) is 33.1 Å². The highest BCUT2D eigenvalue weighted by Crippen LogP contribution is 2.20. The van der Waals surface area contributed by atoms with Crippen LogP contribution in [-0.4, -0.2) is 30.2 Å². The molecule has 0 radical (unpaired) electrons. The summed E-state index contributed by atoms with van der Waals surface area (Å²) in [5, 5.41) is 5.37. The predicted octanol–water partition coefficient (Wildman–Crippen LogP) is 4.25. The van der Waals surface area contributed by atoms with Gasteiger partial charge in [-0.1, -0.05) is 28.1 Å². The second kappa shape index (κ2) is 11.3. The summed E-state index contributed by atoms with van der Waals surface area (Å²) in [6.07, 6.45) is 0.416. The molecule has 8 heteroatoms. The topological polar surface area (TPSA) is 102 Å². The maximum atomic E-state index is 12.0. The number of esters is 1. The fraction of sp³-hybridized carbons (Fsp3) is 0.273. The van der Waals surface area contributed by atoms with Crippen LogP contribution in [0.25, 0.3) is 0 Å². The van der Waals surface area contributed by atoms with Crippen LogP contribution in [0.4, 0.5) is 11.4 Å². The molecule has 0 aliphatic rings. The lowest BCUT2D eigenvalue weighted by Crippen LogP contribution is -2.21. The molecule has 0 heterocycles. The first-order valence-corrected chi connectivity index (χ1v) is 10.2. The Bertz CT molecular complexity index is 958. The van der Waals surface area contributed by atoms with Gasteiger partial charge in [0.05, 0.1) is 0 Å². The highest BCUT2D eigenvalue weighted by Gasteiger charge is 2.11. The van der Waals surface area contributed by atoms with Crippen LogP contribution >= 0.6 is 15.9 Å². The zero-order chi connectivity index (χ0) is 22.1. The molecule has 0 saturated heterocycles. The van der Waals surface area contributed by atoms with E-state index in [0.29, 0.717) is 16.9 Å². The van der Waals surface area contributed by atoms with Crippen molar-refractivity contribution < 1.29 is 23.9 Å². The van der Waals surface area contributed by atoms with Crippen molar-refractivity contribution in [3.05, 3.63) is 58.1 Å². The highest BCUT2D eigenvalue weighted by atomic mass is 79.9. The quantitative estimate of drug-likeness (QED) is 0.417. The largest absolute Gasteiger partial charge is 0.456 e. The van der Waals surface area contributed by atoms with Gasteiger partial charge in [0.25, 0.3) is 5.91 Å². The minimum absolute atomic E-state index is 0.0193. The molecule has 2 aromatic carbocycles. The minimum Gasteiger partial charge on any atom is -0.456 e. The molecular weight excluding hydrogens is 452 g/mol. The van der Waals surface area contributed by atoms with Gasteiger partial charge in [-0.3, -0.25) is 19.2 Å². The number of aryl methyl sites for hydroxylation is 1. The molecule has 7 nitrogen and oxygen atoms in total. The molecule has 30 heavy (non-hydrogen) atoms. The molecule has 0 aliphatic heterocycles. The van der Waals surface area contributed by atoms with Crippen molar-refractivity contribution in [2.75, 3.05) is 17.2 Å². The van der Waals surface area contributed by atoms with Crippen molar-refractivity contribution in [3.63, 3.8) is 0 Å². The van der Waals surface area contributed by atoms with E-state index >= 15 is 0 Å². The van der Waals surface area contributed by atoms with Gasteiger partial charge in [0.15, 0.2) is 12.4 Å². The Morgan fingerprint density at radius 1 is 0.967 bits per heavy atom. The zero-order valence-corrected chi connectivity index (χ0v) is 18.4. The van der Waals surface area contributed by atoms with Gasteiger partial charge in [-0.05, 0) is 56.2 Å². The summed E-state index contributed by atoms with van der Waals surface area (Å²) in [6.45, 7) is 2.92. The van der Waals surface area contributed by atoms with E-state index in [9.17, 15) is 19.2 Å². The zero-order valence-electron chi connectivity index (χ0n) is 16.8. The Morgan fingerprint density at radius 2 is 1.73 bits per heavy atom. The Balaban J connectivity index is 1.68. The number of Topliss-reactive ketones (excluding diaryl/α,β-unsaturated/α-hetero) is 1. The van der Waals surface area contributed by atoms with Crippen LogP contribution in [-0.2, 0) is 19.1 Å². The maximum absolute atomic E-state index is 12.0. The molecule has 0 spiro atoms. The van der Waals surface area contributed by atoms with Crippen LogP contribution in [0, 0.1) is 6.92 Å². The van der Waals surface area contributed by atoms with Gasteiger partial charge < -0.3 is 15.4 Å². The summed E-state index contributed by atoms with van der Waals surface area (Å²) in [7, 11) is 0. The number of benzene rings is 2. The first-order valence-electron chi connectivity index (χ1n) is 9.37. The average Bonchev–Trinajstić information content (AvgIpc) is 2.68. The number of hydrogen-bond donors (Lipinski definition) is 2. The molecule has 158 valence electrons. The standard InChI is InChI=1S/C22H23BrN2O5/c1-14-11-17(23)9-10-19(14)25-21(28)13-30-22(29)8-4-7-20(27)24-18-6-3-5-16(12-18)15(2)26/h3,5-6,9-12H,4,7-8,13H2,1-2H3,(H,24,27)(H,25,28). The normalized spacial score (nSPS) is 10.2. The van der Waals surface area contributed by atoms with Crippen molar-refractivity contribution in [1.82, 2.24) is 0 Å². The predicted molar refractivity (Wildman–Crippen MR) is 117 cm³/mol. The first-order chi connectivity index (χ1) is 14.2. The minimum atomic E-state index is -0.552. The number of carbonyl (C=O) groups is 4. The van der Waals surface area contributed by atoms with Gasteiger partial charge in [0, 0.05) is 34.3 Å². The smallest absolute Gasteiger partial charge is 0.306 e. The monoisotopic (exact) mass is 474 g/mol. The summed E-state index contributed by atoms with van der Waals surface area (Å²) in [4.78, 5) is 47.1. The van der Waals surface area contributed by atoms with Crippen molar-refractivity contribution >= 4 is 50.9 Å². The lowest BCUT2D eigenvalue weighted by Gasteiger charge is -2.09. The number of rotatable bonds is 9. The number of halogens is 1. The Labute approximate surface area is 183 Å². The molecule has 0 atom stereocenters. The Kier molecular flexibility index (Phi) is 8.73. The van der Waals surface area contributed by atoms with Gasteiger partial charge in [0.1, 0.15) is 0 Å². The number of hydrogen-bond acceptors (Lipinski definition) is 5. The van der Waals surface area contributed by atoms with Crippen LogP contribution in [0.5, 0.6) is 0 Å². The molecule has 2 rings (SSSR count). The molecule has 0 bridgehead atoms. The van der Waals surface area contributed by atoms with E-state index in [-0.39, 0.29) is 31.0 Å². The second-order valence-corrected chi connectivity index (χ2v) is 7.62. The van der Waals surface area contributed by atoms with E-state index in [4.69, 9.17) is 4.74 Å². The SMILES string of the molecule is CC(=O)c1cccc(NC(=O)CCCC(=O)OCC(=O)Nc2ccc(Br)cc2C)c1. The first kappa shape index (κ1) is 23.3.